The fraction of sp³-hybridized carbons (Fsp3) is 0.0952. The molecule has 0 unspecified atom stereocenters. The normalized spacial score (nSPS) is 11.5. The van der Waals surface area contributed by atoms with Crippen LogP contribution in [-0.4, -0.2) is 19.5 Å². The lowest BCUT2D eigenvalue weighted by molar-refractivity contribution is 0.628. The van der Waals surface area contributed by atoms with Gasteiger partial charge >= 0.3 is 4.87 Å². The maximum Gasteiger partial charge on any atom is 0.309 e. The van der Waals surface area contributed by atoms with Gasteiger partial charge in [-0.1, -0.05) is 41.7 Å². The molecule has 0 saturated carbocycles. The highest BCUT2D eigenvalue weighted by molar-refractivity contribution is 7.16. The molecule has 0 aliphatic rings. The first-order valence-corrected chi connectivity index (χ1v) is 9.68. The molecule has 0 aliphatic heterocycles. The molecule has 0 amide bonds. The van der Waals surface area contributed by atoms with Gasteiger partial charge in [0, 0.05) is 29.2 Å². The van der Waals surface area contributed by atoms with E-state index in [4.69, 9.17) is 0 Å². The summed E-state index contributed by atoms with van der Waals surface area (Å²) in [7, 11) is 0. The van der Waals surface area contributed by atoms with Crippen molar-refractivity contribution in [1.82, 2.24) is 19.5 Å². The van der Waals surface area contributed by atoms with Crippen molar-refractivity contribution in [3.63, 3.8) is 0 Å². The number of fused-ring (bicyclic) bond motifs is 2. The first-order chi connectivity index (χ1) is 13.7. The molecule has 7 heteroatoms. The average molecular weight is 390 g/mol. The summed E-state index contributed by atoms with van der Waals surface area (Å²) in [4.78, 5) is 25.1. The van der Waals surface area contributed by atoms with Gasteiger partial charge in [0.05, 0.1) is 11.7 Å². The number of H-pyrrole nitrogens is 1. The van der Waals surface area contributed by atoms with E-state index in [1.54, 1.807) is 22.9 Å². The van der Waals surface area contributed by atoms with Crippen LogP contribution in [0, 0.1) is 5.82 Å². The molecule has 5 aromatic rings. The second-order valence-corrected chi connectivity index (χ2v) is 7.46. The third-order valence-corrected chi connectivity index (χ3v) is 5.68. The third-order valence-electron chi connectivity index (χ3n) is 4.79. The van der Waals surface area contributed by atoms with Crippen molar-refractivity contribution in [3.8, 4) is 11.4 Å². The van der Waals surface area contributed by atoms with Crippen LogP contribution in [0.3, 0.4) is 0 Å². The monoisotopic (exact) mass is 390 g/mol. The molecule has 0 atom stereocenters. The van der Waals surface area contributed by atoms with Crippen LogP contribution in [0.2, 0.25) is 0 Å². The lowest BCUT2D eigenvalue weighted by atomic mass is 10.1. The van der Waals surface area contributed by atoms with Crippen molar-refractivity contribution in [2.45, 2.75) is 13.0 Å². The maximum atomic E-state index is 13.5. The van der Waals surface area contributed by atoms with Gasteiger partial charge in [-0.15, -0.1) is 0 Å². The fourth-order valence-electron chi connectivity index (χ4n) is 3.41. The second-order valence-electron chi connectivity index (χ2n) is 6.52. The van der Waals surface area contributed by atoms with Gasteiger partial charge < -0.3 is 4.98 Å². The minimum absolute atomic E-state index is 0.0690. The van der Waals surface area contributed by atoms with E-state index in [1.165, 1.54) is 23.1 Å². The topological polar surface area (TPSA) is 63.6 Å². The van der Waals surface area contributed by atoms with Crippen molar-refractivity contribution >= 4 is 32.6 Å². The molecular formula is C21H15FN4OS. The van der Waals surface area contributed by atoms with Gasteiger partial charge in [0.25, 0.3) is 0 Å². The first kappa shape index (κ1) is 16.8. The molecule has 0 bridgehead atoms. The number of nitrogens with one attached hydrogen (secondary N) is 1. The number of aromatic amines is 1. The van der Waals surface area contributed by atoms with Gasteiger partial charge in [-0.05, 0) is 30.2 Å². The molecule has 28 heavy (non-hydrogen) atoms. The van der Waals surface area contributed by atoms with Gasteiger partial charge in [-0.2, -0.15) is 0 Å². The number of halogens is 1. The predicted molar refractivity (Wildman–Crippen MR) is 109 cm³/mol. The Morgan fingerprint density at radius 3 is 2.93 bits per heavy atom. The molecule has 3 heterocycles. The number of aryl methyl sites for hydroxylation is 2. The largest absolute Gasteiger partial charge is 0.361 e. The molecule has 2 aromatic carbocycles. The zero-order chi connectivity index (χ0) is 19.1. The minimum Gasteiger partial charge on any atom is -0.361 e. The maximum absolute atomic E-state index is 13.5. The lowest BCUT2D eigenvalue weighted by Gasteiger charge is -2.04. The van der Waals surface area contributed by atoms with Crippen LogP contribution in [0.25, 0.3) is 32.6 Å². The number of hydrogen-bond acceptors (Lipinski definition) is 4. The number of nitrogens with zero attached hydrogens (tertiary/aromatic N) is 3. The van der Waals surface area contributed by atoms with Crippen LogP contribution in [0.1, 0.15) is 5.56 Å². The Bertz CT molecular complexity index is 1370. The highest BCUT2D eigenvalue weighted by Crippen LogP contribution is 2.22. The molecule has 3 aromatic heterocycles. The van der Waals surface area contributed by atoms with E-state index in [2.05, 4.69) is 21.0 Å². The highest BCUT2D eigenvalue weighted by atomic mass is 32.1. The molecule has 0 aliphatic carbocycles. The molecule has 0 fully saturated rings. The van der Waals surface area contributed by atoms with Crippen LogP contribution < -0.4 is 4.87 Å². The Balaban J connectivity index is 1.48. The van der Waals surface area contributed by atoms with Crippen LogP contribution in [0.5, 0.6) is 0 Å². The van der Waals surface area contributed by atoms with E-state index in [0.717, 1.165) is 23.3 Å². The van der Waals surface area contributed by atoms with Crippen LogP contribution >= 0.6 is 11.3 Å². The van der Waals surface area contributed by atoms with Gasteiger partial charge in [-0.3, -0.25) is 9.36 Å². The van der Waals surface area contributed by atoms with Crippen LogP contribution in [-0.2, 0) is 13.0 Å². The number of rotatable bonds is 4. The van der Waals surface area contributed by atoms with Gasteiger partial charge in [0.2, 0.25) is 0 Å². The first-order valence-electron chi connectivity index (χ1n) is 8.86. The summed E-state index contributed by atoms with van der Waals surface area (Å²) in [5.41, 5.74) is 3.55. The molecule has 0 saturated heterocycles. The molecule has 1 N–H and O–H groups in total. The van der Waals surface area contributed by atoms with E-state index in [-0.39, 0.29) is 10.7 Å². The van der Waals surface area contributed by atoms with Crippen molar-refractivity contribution in [3.05, 3.63) is 82.0 Å². The zero-order valence-corrected chi connectivity index (χ0v) is 15.5. The Labute approximate surface area is 163 Å². The van der Waals surface area contributed by atoms with Crippen molar-refractivity contribution < 1.29 is 4.39 Å². The molecule has 0 spiro atoms. The number of thiazole rings is 1. The standard InChI is InChI=1S/C21H15FN4OS/c22-15-5-3-4-13(10-15)19-24-12-18-20(25-19)28-21(27)26(18)9-8-14-11-23-17-7-2-1-6-16(14)17/h1-7,10-12,23H,8-9H2. The average Bonchev–Trinajstić information content (AvgIpc) is 3.26. The quantitative estimate of drug-likeness (QED) is 0.495. The van der Waals surface area contributed by atoms with E-state index in [9.17, 15) is 9.18 Å². The van der Waals surface area contributed by atoms with Crippen molar-refractivity contribution in [2.24, 2.45) is 0 Å². The summed E-state index contributed by atoms with van der Waals surface area (Å²) in [6.07, 6.45) is 4.36. The SMILES string of the molecule is O=c1sc2nc(-c3cccc(F)c3)ncc2n1CCc1c[nH]c2ccccc12. The lowest BCUT2D eigenvalue weighted by Crippen LogP contribution is -2.14. The van der Waals surface area contributed by atoms with Gasteiger partial charge in [-0.25, -0.2) is 14.4 Å². The highest BCUT2D eigenvalue weighted by Gasteiger charge is 2.13. The number of aromatic nitrogens is 4. The van der Waals surface area contributed by atoms with E-state index in [0.29, 0.717) is 28.3 Å². The van der Waals surface area contributed by atoms with E-state index in [1.807, 2.05) is 24.4 Å². The van der Waals surface area contributed by atoms with Crippen molar-refractivity contribution in [1.29, 1.82) is 0 Å². The zero-order valence-electron chi connectivity index (χ0n) is 14.7. The predicted octanol–water partition coefficient (Wildman–Crippen LogP) is 4.38. The van der Waals surface area contributed by atoms with E-state index >= 15 is 0 Å². The van der Waals surface area contributed by atoms with E-state index < -0.39 is 0 Å². The number of para-hydroxylation sites is 1. The molecule has 138 valence electrons. The Morgan fingerprint density at radius 2 is 2.04 bits per heavy atom. The van der Waals surface area contributed by atoms with Crippen LogP contribution in [0.15, 0.2) is 65.7 Å². The number of benzene rings is 2. The smallest absolute Gasteiger partial charge is 0.309 e. The Hall–Kier alpha value is -3.32. The summed E-state index contributed by atoms with van der Waals surface area (Å²) in [6.45, 7) is 0.545. The van der Waals surface area contributed by atoms with Crippen molar-refractivity contribution in [2.75, 3.05) is 0 Å². The molecule has 5 nitrogen and oxygen atoms in total. The summed E-state index contributed by atoms with van der Waals surface area (Å²) in [5, 5.41) is 1.17. The van der Waals surface area contributed by atoms with Gasteiger partial charge in [0.15, 0.2) is 5.82 Å². The number of hydrogen-bond donors (Lipinski definition) is 1. The summed E-state index contributed by atoms with van der Waals surface area (Å²) < 4.78 is 15.2. The summed E-state index contributed by atoms with van der Waals surface area (Å²) >= 11 is 1.09. The van der Waals surface area contributed by atoms with Crippen LogP contribution in [0.4, 0.5) is 4.39 Å². The minimum atomic E-state index is -0.342. The Morgan fingerprint density at radius 1 is 1.14 bits per heavy atom. The molecule has 5 rings (SSSR count). The van der Waals surface area contributed by atoms with Gasteiger partial charge in [0.1, 0.15) is 10.6 Å². The second kappa shape index (κ2) is 6.69. The summed E-state index contributed by atoms with van der Waals surface area (Å²) in [5.74, 6) is 0.0720. The third kappa shape index (κ3) is 2.90. The fourth-order valence-corrected chi connectivity index (χ4v) is 4.27. The summed E-state index contributed by atoms with van der Waals surface area (Å²) in [6, 6.07) is 14.2. The molecular weight excluding hydrogens is 375 g/mol. The molecule has 0 radical (unpaired) electrons. The Kier molecular flexibility index (Phi) is 4.02.